The molecule has 0 fully saturated rings. The summed E-state index contributed by atoms with van der Waals surface area (Å²) in [5, 5.41) is 0. The first-order valence-corrected chi connectivity index (χ1v) is 8.18. The lowest BCUT2D eigenvalue weighted by atomic mass is 10.5. The molecular formula is C12H27O3Si. The fourth-order valence-electron chi connectivity index (χ4n) is 1.28. The average Bonchev–Trinajstić information content (AvgIpc) is 2.28. The van der Waals surface area contributed by atoms with Crippen molar-refractivity contribution in [2.24, 2.45) is 0 Å². The van der Waals surface area contributed by atoms with Gasteiger partial charge in [0.25, 0.3) is 0 Å². The lowest BCUT2D eigenvalue weighted by Gasteiger charge is -2.32. The number of hydrogen-bond acceptors (Lipinski definition) is 3. The standard InChI is InChI=1S/C12H27O3Si/c1-6-9-13-16(12(4)5,14-10-7-2)15-11-8-3/h12H,4,6-11H2,1-3,5H3. The molecule has 1 atom stereocenters. The molecule has 16 heavy (non-hydrogen) atoms. The Morgan fingerprint density at radius 1 is 0.875 bits per heavy atom. The summed E-state index contributed by atoms with van der Waals surface area (Å²) in [5.74, 6) is 0. The van der Waals surface area contributed by atoms with Gasteiger partial charge in [0.15, 0.2) is 0 Å². The van der Waals surface area contributed by atoms with E-state index in [4.69, 9.17) is 13.3 Å². The molecular weight excluding hydrogens is 220 g/mol. The molecule has 4 heteroatoms. The van der Waals surface area contributed by atoms with Crippen LogP contribution in [-0.4, -0.2) is 28.6 Å². The quantitative estimate of drug-likeness (QED) is 0.554. The minimum atomic E-state index is -2.55. The van der Waals surface area contributed by atoms with Crippen molar-refractivity contribution < 1.29 is 13.3 Å². The van der Waals surface area contributed by atoms with Gasteiger partial charge < -0.3 is 13.3 Å². The van der Waals surface area contributed by atoms with Crippen LogP contribution >= 0.6 is 0 Å². The molecule has 0 aromatic carbocycles. The van der Waals surface area contributed by atoms with Crippen molar-refractivity contribution in [3.8, 4) is 0 Å². The highest BCUT2D eigenvalue weighted by molar-refractivity contribution is 6.62. The van der Waals surface area contributed by atoms with E-state index in [1.165, 1.54) is 0 Å². The summed E-state index contributed by atoms with van der Waals surface area (Å²) in [7, 11) is -2.55. The highest BCUT2D eigenvalue weighted by Crippen LogP contribution is 2.25. The third-order valence-electron chi connectivity index (χ3n) is 2.13. The molecule has 97 valence electrons. The largest absolute Gasteiger partial charge is 0.503 e. The Balaban J connectivity index is 4.46. The fourth-order valence-corrected chi connectivity index (χ4v) is 3.85. The molecule has 3 nitrogen and oxygen atoms in total. The van der Waals surface area contributed by atoms with Crippen molar-refractivity contribution in [1.29, 1.82) is 0 Å². The first-order chi connectivity index (χ1) is 7.63. The molecule has 0 saturated carbocycles. The van der Waals surface area contributed by atoms with Crippen LogP contribution in [0.2, 0.25) is 5.54 Å². The molecule has 0 N–H and O–H groups in total. The normalized spacial score (nSPS) is 12.4. The van der Waals surface area contributed by atoms with E-state index in [1.807, 2.05) is 6.92 Å². The van der Waals surface area contributed by atoms with E-state index in [-0.39, 0.29) is 5.54 Å². The van der Waals surface area contributed by atoms with Crippen LogP contribution in [0.4, 0.5) is 0 Å². The maximum absolute atomic E-state index is 5.88. The molecule has 0 heterocycles. The molecule has 0 aliphatic rings. The highest BCUT2D eigenvalue weighted by Gasteiger charge is 2.44. The molecule has 1 unspecified atom stereocenters. The molecule has 0 saturated heterocycles. The summed E-state index contributed by atoms with van der Waals surface area (Å²) in [6.07, 6.45) is 2.94. The zero-order valence-corrected chi connectivity index (χ0v) is 12.3. The van der Waals surface area contributed by atoms with E-state index >= 15 is 0 Å². The van der Waals surface area contributed by atoms with E-state index in [0.29, 0.717) is 19.8 Å². The van der Waals surface area contributed by atoms with Gasteiger partial charge >= 0.3 is 8.80 Å². The second kappa shape index (κ2) is 9.16. The van der Waals surface area contributed by atoms with E-state index in [1.54, 1.807) is 0 Å². The molecule has 0 aromatic rings. The molecule has 0 aromatic heterocycles. The lowest BCUT2D eigenvalue weighted by molar-refractivity contribution is 0.0546. The topological polar surface area (TPSA) is 27.7 Å². The summed E-state index contributed by atoms with van der Waals surface area (Å²) in [5.41, 5.74) is 0.0807. The van der Waals surface area contributed by atoms with Crippen molar-refractivity contribution in [3.05, 3.63) is 6.92 Å². The predicted molar refractivity (Wildman–Crippen MR) is 69.3 cm³/mol. The second-order valence-corrected chi connectivity index (χ2v) is 7.11. The van der Waals surface area contributed by atoms with Gasteiger partial charge in [0.1, 0.15) is 0 Å². The van der Waals surface area contributed by atoms with Gasteiger partial charge in [-0.2, -0.15) is 0 Å². The summed E-state index contributed by atoms with van der Waals surface area (Å²) < 4.78 is 17.6. The first kappa shape index (κ1) is 16.1. The van der Waals surface area contributed by atoms with Crippen molar-refractivity contribution in [3.63, 3.8) is 0 Å². The Bertz CT molecular complexity index is 141. The van der Waals surface area contributed by atoms with Gasteiger partial charge in [0.05, 0.1) is 0 Å². The molecule has 0 rings (SSSR count). The summed E-state index contributed by atoms with van der Waals surface area (Å²) >= 11 is 0. The Kier molecular flexibility index (Phi) is 9.22. The molecule has 0 spiro atoms. The van der Waals surface area contributed by atoms with Crippen LogP contribution in [0.15, 0.2) is 0 Å². The maximum atomic E-state index is 5.88. The van der Waals surface area contributed by atoms with Gasteiger partial charge in [-0.05, 0) is 26.2 Å². The Hall–Kier alpha value is 0.0969. The Morgan fingerprint density at radius 2 is 1.19 bits per heavy atom. The van der Waals surface area contributed by atoms with Gasteiger partial charge in [-0.3, -0.25) is 0 Å². The summed E-state index contributed by atoms with van der Waals surface area (Å²) in [6, 6.07) is 0. The number of rotatable bonds is 10. The smallest absolute Gasteiger partial charge is 0.373 e. The van der Waals surface area contributed by atoms with Crippen LogP contribution in [-0.2, 0) is 13.3 Å². The van der Waals surface area contributed by atoms with Gasteiger partial charge in [0, 0.05) is 25.4 Å². The molecule has 0 aliphatic heterocycles. The van der Waals surface area contributed by atoms with Gasteiger partial charge in [0.2, 0.25) is 0 Å². The van der Waals surface area contributed by atoms with Crippen molar-refractivity contribution in [2.45, 2.75) is 52.5 Å². The van der Waals surface area contributed by atoms with Gasteiger partial charge in [-0.25, -0.2) is 0 Å². The van der Waals surface area contributed by atoms with Crippen LogP contribution in [0.3, 0.4) is 0 Å². The van der Waals surface area contributed by atoms with Crippen molar-refractivity contribution in [1.82, 2.24) is 0 Å². The van der Waals surface area contributed by atoms with Crippen molar-refractivity contribution >= 4 is 8.80 Å². The monoisotopic (exact) mass is 247 g/mol. The third-order valence-corrected chi connectivity index (χ3v) is 5.15. The van der Waals surface area contributed by atoms with Crippen molar-refractivity contribution in [2.75, 3.05) is 19.8 Å². The zero-order chi connectivity index (χ0) is 12.4. The first-order valence-electron chi connectivity index (χ1n) is 6.37. The van der Waals surface area contributed by atoms with E-state index in [0.717, 1.165) is 19.3 Å². The average molecular weight is 247 g/mol. The fraction of sp³-hybridized carbons (Fsp3) is 0.917. The van der Waals surface area contributed by atoms with Gasteiger partial charge in [-0.1, -0.05) is 27.7 Å². The maximum Gasteiger partial charge on any atom is 0.503 e. The van der Waals surface area contributed by atoms with Crippen LogP contribution < -0.4 is 0 Å². The predicted octanol–water partition coefficient (Wildman–Crippen LogP) is 3.43. The number of hydrogen-bond donors (Lipinski definition) is 0. The van der Waals surface area contributed by atoms with Crippen LogP contribution in [0, 0.1) is 6.92 Å². The minimum Gasteiger partial charge on any atom is -0.373 e. The van der Waals surface area contributed by atoms with E-state index < -0.39 is 8.80 Å². The highest BCUT2D eigenvalue weighted by atomic mass is 28.4. The van der Waals surface area contributed by atoms with Crippen LogP contribution in [0.25, 0.3) is 0 Å². The van der Waals surface area contributed by atoms with Crippen LogP contribution in [0.5, 0.6) is 0 Å². The molecule has 0 amide bonds. The lowest BCUT2D eigenvalue weighted by Crippen LogP contribution is -2.49. The zero-order valence-electron chi connectivity index (χ0n) is 11.3. The van der Waals surface area contributed by atoms with E-state index in [2.05, 4.69) is 27.7 Å². The second-order valence-electron chi connectivity index (χ2n) is 4.05. The molecule has 1 radical (unpaired) electrons. The van der Waals surface area contributed by atoms with Crippen LogP contribution in [0.1, 0.15) is 47.0 Å². The third kappa shape index (κ3) is 5.43. The summed E-state index contributed by atoms with van der Waals surface area (Å²) in [4.78, 5) is 0. The molecule has 0 bridgehead atoms. The van der Waals surface area contributed by atoms with E-state index in [9.17, 15) is 0 Å². The Labute approximate surface area is 102 Å². The summed E-state index contributed by atoms with van der Waals surface area (Å²) in [6.45, 7) is 14.4. The Morgan fingerprint density at radius 3 is 1.38 bits per heavy atom. The SMILES string of the molecule is [CH2]C(C)[Si](OCCC)(OCCC)OCCC. The molecule has 0 aliphatic carbocycles. The minimum absolute atomic E-state index is 0.0807. The van der Waals surface area contributed by atoms with Gasteiger partial charge in [-0.15, -0.1) is 0 Å².